The fourth-order valence-electron chi connectivity index (χ4n) is 4.59. The van der Waals surface area contributed by atoms with Crippen molar-refractivity contribution in [2.24, 2.45) is 11.8 Å². The van der Waals surface area contributed by atoms with Gasteiger partial charge in [-0.15, -0.1) is 0 Å². The zero-order valence-electron chi connectivity index (χ0n) is 11.0. The first-order valence-electron chi connectivity index (χ1n) is 7.43. The lowest BCUT2D eigenvalue weighted by Crippen LogP contribution is -3.31. The molecule has 92 valence electrons. The molecule has 2 nitrogen and oxygen atoms in total. The average Bonchev–Trinajstić information content (AvgIpc) is 2.91. The summed E-state index contributed by atoms with van der Waals surface area (Å²) >= 11 is 0. The van der Waals surface area contributed by atoms with E-state index < -0.39 is 0 Å². The summed E-state index contributed by atoms with van der Waals surface area (Å²) in [6.07, 6.45) is 6.25. The normalized spacial score (nSPS) is 47.8. The predicted octanol–water partition coefficient (Wildman–Crippen LogP) is -0.633. The molecule has 3 aliphatic rings. The second-order valence-electron chi connectivity index (χ2n) is 6.75. The summed E-state index contributed by atoms with van der Waals surface area (Å²) < 4.78 is 0. The van der Waals surface area contributed by atoms with Crippen LogP contribution in [-0.4, -0.2) is 38.3 Å². The molecule has 16 heavy (non-hydrogen) atoms. The number of piperazine rings is 1. The van der Waals surface area contributed by atoms with Crippen molar-refractivity contribution >= 4 is 0 Å². The van der Waals surface area contributed by atoms with E-state index in [2.05, 4.69) is 13.8 Å². The maximum absolute atomic E-state index is 2.37. The van der Waals surface area contributed by atoms with Gasteiger partial charge in [0, 0.05) is 12.3 Å². The standard InChI is InChI=1S/C14H26N2/c1-11(2)15-5-7-16(8-6-15)14-10-12-3-4-13(14)9-12/h11-14H,3-10H2,1-2H3/p+2. The first-order valence-corrected chi connectivity index (χ1v) is 7.43. The molecule has 0 aromatic heterocycles. The number of nitrogens with one attached hydrogen (secondary N) is 2. The Morgan fingerprint density at radius 2 is 1.69 bits per heavy atom. The van der Waals surface area contributed by atoms with E-state index in [4.69, 9.17) is 0 Å². The Morgan fingerprint density at radius 1 is 0.938 bits per heavy atom. The molecule has 0 radical (unpaired) electrons. The molecular formula is C14H28N2+2. The Labute approximate surface area is 100.0 Å². The molecule has 3 unspecified atom stereocenters. The Bertz CT molecular complexity index is 243. The van der Waals surface area contributed by atoms with E-state index in [1.54, 1.807) is 25.7 Å². The largest absolute Gasteiger partial charge is 0.324 e. The molecule has 3 fully saturated rings. The van der Waals surface area contributed by atoms with Crippen LogP contribution in [0.1, 0.15) is 39.5 Å². The van der Waals surface area contributed by atoms with E-state index in [9.17, 15) is 0 Å². The molecular weight excluding hydrogens is 196 g/mol. The van der Waals surface area contributed by atoms with Crippen LogP contribution in [-0.2, 0) is 0 Å². The highest BCUT2D eigenvalue weighted by Crippen LogP contribution is 2.43. The third kappa shape index (κ3) is 1.91. The Kier molecular flexibility index (Phi) is 2.97. The first kappa shape index (κ1) is 11.0. The van der Waals surface area contributed by atoms with Gasteiger partial charge < -0.3 is 9.80 Å². The minimum atomic E-state index is 0.835. The summed E-state index contributed by atoms with van der Waals surface area (Å²) in [6, 6.07) is 1.90. The van der Waals surface area contributed by atoms with Gasteiger partial charge in [-0.1, -0.05) is 0 Å². The van der Waals surface area contributed by atoms with Crippen LogP contribution in [0.3, 0.4) is 0 Å². The second kappa shape index (κ2) is 4.30. The monoisotopic (exact) mass is 224 g/mol. The molecule has 1 aliphatic heterocycles. The minimum Gasteiger partial charge on any atom is -0.324 e. The van der Waals surface area contributed by atoms with Gasteiger partial charge in [0.2, 0.25) is 0 Å². The Balaban J connectivity index is 1.54. The van der Waals surface area contributed by atoms with Gasteiger partial charge in [-0.2, -0.15) is 0 Å². The number of hydrogen-bond acceptors (Lipinski definition) is 0. The van der Waals surface area contributed by atoms with Crippen molar-refractivity contribution in [1.82, 2.24) is 0 Å². The lowest BCUT2D eigenvalue weighted by atomic mass is 9.93. The fourth-order valence-corrected chi connectivity index (χ4v) is 4.59. The molecule has 2 saturated carbocycles. The van der Waals surface area contributed by atoms with Crippen molar-refractivity contribution in [1.29, 1.82) is 0 Å². The molecule has 2 N–H and O–H groups in total. The van der Waals surface area contributed by atoms with Crippen molar-refractivity contribution in [2.75, 3.05) is 26.2 Å². The lowest BCUT2D eigenvalue weighted by Gasteiger charge is -2.37. The van der Waals surface area contributed by atoms with E-state index in [0.717, 1.165) is 23.9 Å². The summed E-state index contributed by atoms with van der Waals surface area (Å²) in [7, 11) is 0. The van der Waals surface area contributed by atoms with Crippen LogP contribution in [0.4, 0.5) is 0 Å². The van der Waals surface area contributed by atoms with Gasteiger partial charge in [0.05, 0.1) is 12.1 Å². The summed E-state index contributed by atoms with van der Waals surface area (Å²) in [6.45, 7) is 10.5. The van der Waals surface area contributed by atoms with Gasteiger partial charge >= 0.3 is 0 Å². The number of rotatable bonds is 2. The van der Waals surface area contributed by atoms with Crippen LogP contribution in [0.25, 0.3) is 0 Å². The van der Waals surface area contributed by atoms with Gasteiger partial charge in [-0.3, -0.25) is 0 Å². The third-order valence-corrected chi connectivity index (χ3v) is 5.61. The maximum atomic E-state index is 2.37. The molecule has 2 bridgehead atoms. The van der Waals surface area contributed by atoms with Gasteiger partial charge in [0.15, 0.2) is 0 Å². The zero-order chi connectivity index (χ0) is 11.1. The first-order chi connectivity index (χ1) is 7.74. The Hall–Kier alpha value is -0.0800. The van der Waals surface area contributed by atoms with Crippen LogP contribution >= 0.6 is 0 Å². The summed E-state index contributed by atoms with van der Waals surface area (Å²) in [5, 5.41) is 0. The molecule has 3 rings (SSSR count). The van der Waals surface area contributed by atoms with Crippen LogP contribution in [0.15, 0.2) is 0 Å². The van der Waals surface area contributed by atoms with Crippen molar-refractivity contribution < 1.29 is 9.80 Å². The zero-order valence-corrected chi connectivity index (χ0v) is 11.0. The van der Waals surface area contributed by atoms with Crippen LogP contribution in [0.5, 0.6) is 0 Å². The molecule has 0 aromatic rings. The summed E-state index contributed by atoms with van der Waals surface area (Å²) in [4.78, 5) is 3.81. The summed E-state index contributed by atoms with van der Waals surface area (Å²) in [5.74, 6) is 2.23. The van der Waals surface area contributed by atoms with Gasteiger partial charge in [0.25, 0.3) is 0 Å². The number of fused-ring (bicyclic) bond motifs is 2. The van der Waals surface area contributed by atoms with Gasteiger partial charge in [-0.05, 0) is 39.0 Å². The van der Waals surface area contributed by atoms with E-state index >= 15 is 0 Å². The molecule has 2 aliphatic carbocycles. The maximum Gasteiger partial charge on any atom is 0.127 e. The highest BCUT2D eigenvalue weighted by atomic mass is 15.3. The van der Waals surface area contributed by atoms with E-state index in [1.165, 1.54) is 26.2 Å². The van der Waals surface area contributed by atoms with Gasteiger partial charge in [-0.25, -0.2) is 0 Å². The average molecular weight is 224 g/mol. The van der Waals surface area contributed by atoms with Crippen molar-refractivity contribution in [3.05, 3.63) is 0 Å². The third-order valence-electron chi connectivity index (χ3n) is 5.61. The minimum absolute atomic E-state index is 0.835. The Morgan fingerprint density at radius 3 is 2.19 bits per heavy atom. The number of quaternary nitrogens is 2. The van der Waals surface area contributed by atoms with Gasteiger partial charge in [0.1, 0.15) is 26.2 Å². The fraction of sp³-hybridized carbons (Fsp3) is 1.00. The molecule has 1 heterocycles. The summed E-state index contributed by atoms with van der Waals surface area (Å²) in [5.41, 5.74) is 0. The smallest absolute Gasteiger partial charge is 0.127 e. The molecule has 1 saturated heterocycles. The van der Waals surface area contributed by atoms with Crippen LogP contribution in [0.2, 0.25) is 0 Å². The lowest BCUT2D eigenvalue weighted by molar-refractivity contribution is -1.03. The van der Waals surface area contributed by atoms with Crippen molar-refractivity contribution in [2.45, 2.75) is 51.6 Å². The van der Waals surface area contributed by atoms with Crippen LogP contribution in [0, 0.1) is 11.8 Å². The highest BCUT2D eigenvalue weighted by Gasteiger charge is 2.46. The number of hydrogen-bond donors (Lipinski definition) is 2. The van der Waals surface area contributed by atoms with Crippen LogP contribution < -0.4 is 9.80 Å². The predicted molar refractivity (Wildman–Crippen MR) is 65.8 cm³/mol. The SMILES string of the molecule is CC(C)[NH+]1CC[NH+](C2CC3CCC2C3)CC1. The quantitative estimate of drug-likeness (QED) is 0.618. The second-order valence-corrected chi connectivity index (χ2v) is 6.75. The topological polar surface area (TPSA) is 8.88 Å². The van der Waals surface area contributed by atoms with Crippen molar-refractivity contribution in [3.63, 3.8) is 0 Å². The van der Waals surface area contributed by atoms with E-state index in [0.29, 0.717) is 0 Å². The highest BCUT2D eigenvalue weighted by molar-refractivity contribution is 4.90. The molecule has 3 atom stereocenters. The van der Waals surface area contributed by atoms with Crippen molar-refractivity contribution in [3.8, 4) is 0 Å². The molecule has 0 aromatic carbocycles. The van der Waals surface area contributed by atoms with E-state index in [1.807, 2.05) is 9.80 Å². The van der Waals surface area contributed by atoms with E-state index in [-0.39, 0.29) is 0 Å². The molecule has 0 amide bonds. The molecule has 0 spiro atoms. The molecule has 2 heteroatoms.